The number of nitrogens with zero attached hydrogens (tertiary/aromatic N) is 2. The van der Waals surface area contributed by atoms with E-state index in [4.69, 9.17) is 33.4 Å². The highest BCUT2D eigenvalue weighted by atomic mass is 35.5. The van der Waals surface area contributed by atoms with Gasteiger partial charge in [-0.2, -0.15) is 0 Å². The molecule has 0 aliphatic carbocycles. The third-order valence-corrected chi connectivity index (χ3v) is 3.47. The zero-order valence-corrected chi connectivity index (χ0v) is 14.7. The van der Waals surface area contributed by atoms with Gasteiger partial charge in [0.05, 0.1) is 14.2 Å². The largest absolute Gasteiger partial charge is 0.503 e. The van der Waals surface area contributed by atoms with Crippen molar-refractivity contribution in [3.8, 4) is 23.0 Å². The Kier molecular flexibility index (Phi) is 7.23. The van der Waals surface area contributed by atoms with Crippen LogP contribution in [-0.4, -0.2) is 56.6 Å². The van der Waals surface area contributed by atoms with Crippen LogP contribution in [0.1, 0.15) is 21.0 Å². The van der Waals surface area contributed by atoms with Crippen LogP contribution in [0.4, 0.5) is 0 Å². The average molecular weight is 407 g/mol. The van der Waals surface area contributed by atoms with Gasteiger partial charge in [0.15, 0.2) is 39.5 Å². The van der Waals surface area contributed by atoms with Crippen molar-refractivity contribution in [1.29, 1.82) is 0 Å². The number of carbonyl (C=O) groups is 2. The molecule has 0 spiro atoms. The molecule has 0 unspecified atom stereocenters. The van der Waals surface area contributed by atoms with Crippen molar-refractivity contribution in [3.05, 3.63) is 33.8 Å². The number of halogens is 2. The summed E-state index contributed by atoms with van der Waals surface area (Å²) in [5.74, 6) is -3.90. The highest BCUT2D eigenvalue weighted by molar-refractivity contribution is 6.42. The number of hydrogen-bond donors (Lipinski definition) is 4. The smallest absolute Gasteiger partial charge is 0.358 e. The number of aromatic hydroxyl groups is 2. The van der Waals surface area contributed by atoms with Crippen LogP contribution >= 0.6 is 23.2 Å². The van der Waals surface area contributed by atoms with Crippen molar-refractivity contribution in [3.63, 3.8) is 0 Å². The lowest BCUT2D eigenvalue weighted by atomic mass is 10.3. The molecule has 12 heteroatoms. The fourth-order valence-corrected chi connectivity index (χ4v) is 1.98. The summed E-state index contributed by atoms with van der Waals surface area (Å²) in [7, 11) is 2.56. The Hall–Kier alpha value is -2.98. The van der Waals surface area contributed by atoms with E-state index < -0.39 is 34.8 Å². The second-order valence-electron chi connectivity index (χ2n) is 4.27. The number of ether oxygens (including phenoxy) is 2. The molecule has 0 atom stereocenters. The first-order valence-corrected chi connectivity index (χ1v) is 7.21. The van der Waals surface area contributed by atoms with E-state index in [0.717, 1.165) is 0 Å². The van der Waals surface area contributed by atoms with E-state index in [-0.39, 0.29) is 21.7 Å². The van der Waals surface area contributed by atoms with E-state index in [0.29, 0.717) is 0 Å². The molecule has 2 aromatic heterocycles. The molecular formula is C14H12Cl2N2O8. The maximum Gasteiger partial charge on any atom is 0.358 e. The fraction of sp³-hybridized carbons (Fsp3) is 0.143. The number of aromatic nitrogens is 2. The minimum Gasteiger partial charge on any atom is -0.503 e. The predicted octanol–water partition coefficient (Wildman–Crippen LogP) is 2.29. The second-order valence-corrected chi connectivity index (χ2v) is 5.00. The van der Waals surface area contributed by atoms with E-state index in [1.165, 1.54) is 26.5 Å². The summed E-state index contributed by atoms with van der Waals surface area (Å²) >= 11 is 11.1. The summed E-state index contributed by atoms with van der Waals surface area (Å²) in [6.45, 7) is 0. The van der Waals surface area contributed by atoms with E-state index >= 15 is 0 Å². The number of carboxylic acid groups (broad SMARTS) is 2. The van der Waals surface area contributed by atoms with Crippen molar-refractivity contribution < 1.29 is 39.5 Å². The van der Waals surface area contributed by atoms with Gasteiger partial charge in [-0.3, -0.25) is 0 Å². The Balaban J connectivity index is 0.000000263. The van der Waals surface area contributed by atoms with E-state index in [1.807, 2.05) is 0 Å². The standard InChI is InChI=1S/C7H5Cl2NO4.C7H7NO4/c1-14-5-2(8)6(9)10-3(4(5)11)7(12)13;1-12-4-2-3-8-5(6(4)9)7(10)11/h11H,1H3,(H,12,13);2-3,9H,1H3,(H,10,11). The molecule has 4 N–H and O–H groups in total. The molecular weight excluding hydrogens is 395 g/mol. The SMILES string of the molecule is COc1c(O)c(C(=O)O)nc(Cl)c1Cl.COc1ccnc(C(=O)O)c1O. The molecule has 10 nitrogen and oxygen atoms in total. The number of carboxylic acids is 2. The highest BCUT2D eigenvalue weighted by Gasteiger charge is 2.22. The van der Waals surface area contributed by atoms with E-state index in [2.05, 4.69) is 19.4 Å². The summed E-state index contributed by atoms with van der Waals surface area (Å²) in [5, 5.41) is 35.3. The average Bonchev–Trinajstić information content (AvgIpc) is 2.59. The lowest BCUT2D eigenvalue weighted by Gasteiger charge is -2.08. The van der Waals surface area contributed by atoms with E-state index in [1.54, 1.807) is 0 Å². The molecule has 140 valence electrons. The van der Waals surface area contributed by atoms with Crippen molar-refractivity contribution >= 4 is 35.1 Å². The Morgan fingerprint density at radius 3 is 2.04 bits per heavy atom. The highest BCUT2D eigenvalue weighted by Crippen LogP contribution is 2.39. The van der Waals surface area contributed by atoms with Gasteiger partial charge >= 0.3 is 11.9 Å². The summed E-state index contributed by atoms with van der Waals surface area (Å²) in [6.07, 6.45) is 1.25. The molecule has 2 aromatic rings. The lowest BCUT2D eigenvalue weighted by molar-refractivity contribution is 0.0675. The van der Waals surface area contributed by atoms with Crippen LogP contribution in [0.15, 0.2) is 12.3 Å². The van der Waals surface area contributed by atoms with E-state index in [9.17, 15) is 19.8 Å². The second kappa shape index (κ2) is 8.92. The third kappa shape index (κ3) is 4.55. The third-order valence-electron chi connectivity index (χ3n) is 2.75. The lowest BCUT2D eigenvalue weighted by Crippen LogP contribution is -2.03. The van der Waals surface area contributed by atoms with Crippen molar-refractivity contribution in [1.82, 2.24) is 9.97 Å². The molecule has 0 saturated heterocycles. The van der Waals surface area contributed by atoms with Crippen LogP contribution in [-0.2, 0) is 0 Å². The summed E-state index contributed by atoms with van der Waals surface area (Å²) in [4.78, 5) is 27.8. The Bertz CT molecular complexity index is 844. The van der Waals surface area contributed by atoms with Gasteiger partial charge < -0.3 is 29.9 Å². The van der Waals surface area contributed by atoms with Gasteiger partial charge in [-0.25, -0.2) is 19.6 Å². The molecule has 0 aliphatic rings. The maximum absolute atomic E-state index is 10.6. The molecule has 0 fully saturated rings. The molecule has 26 heavy (non-hydrogen) atoms. The monoisotopic (exact) mass is 406 g/mol. The number of rotatable bonds is 4. The summed E-state index contributed by atoms with van der Waals surface area (Å²) in [6, 6.07) is 1.38. The van der Waals surface area contributed by atoms with Crippen LogP contribution in [0, 0.1) is 0 Å². The summed E-state index contributed by atoms with van der Waals surface area (Å²) in [5.41, 5.74) is -1.01. The topological polar surface area (TPSA) is 159 Å². The van der Waals surface area contributed by atoms with Crippen LogP contribution in [0.25, 0.3) is 0 Å². The molecule has 2 rings (SSSR count). The number of hydrogen-bond acceptors (Lipinski definition) is 8. The van der Waals surface area contributed by atoms with Crippen LogP contribution in [0.3, 0.4) is 0 Å². The van der Waals surface area contributed by atoms with Gasteiger partial charge in [0.2, 0.25) is 0 Å². The first-order valence-electron chi connectivity index (χ1n) is 6.46. The minimum atomic E-state index is -1.42. The van der Waals surface area contributed by atoms with Gasteiger partial charge in [0, 0.05) is 12.3 Å². The minimum absolute atomic E-state index is 0.0994. The zero-order chi connectivity index (χ0) is 20.0. The molecule has 0 bridgehead atoms. The molecule has 0 radical (unpaired) electrons. The van der Waals surface area contributed by atoms with Crippen molar-refractivity contribution in [2.75, 3.05) is 14.2 Å². The molecule has 0 aromatic carbocycles. The normalized spacial score (nSPS) is 9.69. The van der Waals surface area contributed by atoms with Gasteiger partial charge in [0.1, 0.15) is 5.02 Å². The molecule has 0 saturated carbocycles. The molecule has 0 aliphatic heterocycles. The first kappa shape index (κ1) is 21.1. The number of pyridine rings is 2. The maximum atomic E-state index is 10.6. The first-order chi connectivity index (χ1) is 12.1. The summed E-state index contributed by atoms with van der Waals surface area (Å²) < 4.78 is 9.36. The van der Waals surface area contributed by atoms with Gasteiger partial charge in [-0.05, 0) is 0 Å². The van der Waals surface area contributed by atoms with Gasteiger partial charge in [-0.15, -0.1) is 0 Å². The predicted molar refractivity (Wildman–Crippen MR) is 88.8 cm³/mol. The molecule has 0 amide bonds. The quantitative estimate of drug-likeness (QED) is 0.554. The van der Waals surface area contributed by atoms with Crippen LogP contribution in [0.5, 0.6) is 23.0 Å². The zero-order valence-electron chi connectivity index (χ0n) is 13.2. The number of methoxy groups -OCH3 is 2. The Labute approximate surface area is 156 Å². The Morgan fingerprint density at radius 1 is 1.00 bits per heavy atom. The van der Waals surface area contributed by atoms with Crippen molar-refractivity contribution in [2.24, 2.45) is 0 Å². The fourth-order valence-electron chi connectivity index (χ4n) is 1.60. The van der Waals surface area contributed by atoms with Gasteiger partial charge in [0.25, 0.3) is 0 Å². The van der Waals surface area contributed by atoms with Crippen molar-refractivity contribution in [2.45, 2.75) is 0 Å². The Morgan fingerprint density at radius 2 is 1.58 bits per heavy atom. The van der Waals surface area contributed by atoms with Crippen LogP contribution < -0.4 is 9.47 Å². The molecule has 2 heterocycles. The van der Waals surface area contributed by atoms with Crippen LogP contribution in [0.2, 0.25) is 10.2 Å². The number of aromatic carboxylic acids is 2. The van der Waals surface area contributed by atoms with Gasteiger partial charge in [-0.1, -0.05) is 23.2 Å².